The molecule has 1 unspecified atom stereocenters. The third kappa shape index (κ3) is 4.69. The van der Waals surface area contributed by atoms with Gasteiger partial charge in [0, 0.05) is 10.7 Å². The van der Waals surface area contributed by atoms with Crippen LogP contribution in [-0.4, -0.2) is 14.5 Å². The van der Waals surface area contributed by atoms with Crippen LogP contribution in [-0.2, 0) is 9.05 Å². The van der Waals surface area contributed by atoms with Crippen molar-refractivity contribution in [3.05, 3.63) is 23.8 Å². The van der Waals surface area contributed by atoms with Crippen LogP contribution in [0.4, 0.5) is 0 Å². The molecule has 1 aromatic carbocycles. The lowest BCUT2D eigenvalue weighted by atomic mass is 10.0. The van der Waals surface area contributed by atoms with E-state index in [4.69, 9.17) is 15.4 Å². The minimum absolute atomic E-state index is 0.112. The molecule has 19 heavy (non-hydrogen) atoms. The molecule has 108 valence electrons. The molecule has 0 aromatic heterocycles. The fourth-order valence-corrected chi connectivity index (χ4v) is 2.71. The Balaban J connectivity index is 3.12. The highest BCUT2D eigenvalue weighted by Gasteiger charge is 2.16. The van der Waals surface area contributed by atoms with Gasteiger partial charge in [-0.2, -0.15) is 0 Å². The summed E-state index contributed by atoms with van der Waals surface area (Å²) in [6.07, 6.45) is 2.13. The second kappa shape index (κ2) is 6.62. The average Bonchev–Trinajstić information content (AvgIpc) is 2.27. The van der Waals surface area contributed by atoms with Crippen molar-refractivity contribution in [2.75, 3.05) is 0 Å². The topological polar surface area (TPSA) is 43.4 Å². The molecule has 0 saturated carbocycles. The van der Waals surface area contributed by atoms with Crippen LogP contribution in [0.25, 0.3) is 0 Å². The molecule has 0 bridgehead atoms. The summed E-state index contributed by atoms with van der Waals surface area (Å²) in [5.74, 6) is 0.905. The van der Waals surface area contributed by atoms with Crippen LogP contribution < -0.4 is 4.74 Å². The van der Waals surface area contributed by atoms with E-state index in [1.54, 1.807) is 12.1 Å². The third-order valence-electron chi connectivity index (χ3n) is 2.91. The molecule has 0 saturated heterocycles. The smallest absolute Gasteiger partial charge is 0.261 e. The predicted molar refractivity (Wildman–Crippen MR) is 78.6 cm³/mol. The van der Waals surface area contributed by atoms with Crippen molar-refractivity contribution in [2.45, 2.75) is 57.5 Å². The van der Waals surface area contributed by atoms with Gasteiger partial charge in [0.2, 0.25) is 0 Å². The van der Waals surface area contributed by atoms with E-state index in [-0.39, 0.29) is 16.9 Å². The van der Waals surface area contributed by atoms with Crippen molar-refractivity contribution in [2.24, 2.45) is 0 Å². The second-order valence-electron chi connectivity index (χ2n) is 5.01. The molecule has 0 fully saturated rings. The van der Waals surface area contributed by atoms with Gasteiger partial charge in [-0.15, -0.1) is 0 Å². The molecule has 1 aromatic rings. The largest absolute Gasteiger partial charge is 0.490 e. The second-order valence-corrected chi connectivity index (χ2v) is 7.58. The Bertz CT molecular complexity index is 523. The first kappa shape index (κ1) is 16.3. The van der Waals surface area contributed by atoms with Gasteiger partial charge in [0.1, 0.15) is 5.75 Å². The van der Waals surface area contributed by atoms with Gasteiger partial charge in [0.15, 0.2) is 0 Å². The van der Waals surface area contributed by atoms with Gasteiger partial charge >= 0.3 is 0 Å². The van der Waals surface area contributed by atoms with Gasteiger partial charge in [-0.25, -0.2) is 8.42 Å². The highest BCUT2D eigenvalue weighted by molar-refractivity contribution is 8.13. The molecular formula is C14H21ClO3S. The van der Waals surface area contributed by atoms with Gasteiger partial charge in [0.05, 0.1) is 11.0 Å². The fraction of sp³-hybridized carbons (Fsp3) is 0.571. The van der Waals surface area contributed by atoms with Crippen LogP contribution in [0.15, 0.2) is 23.1 Å². The monoisotopic (exact) mass is 304 g/mol. The van der Waals surface area contributed by atoms with Gasteiger partial charge in [-0.3, -0.25) is 0 Å². The molecule has 5 heteroatoms. The maximum atomic E-state index is 11.4. The number of rotatable bonds is 6. The summed E-state index contributed by atoms with van der Waals surface area (Å²) >= 11 is 0. The molecule has 0 amide bonds. The van der Waals surface area contributed by atoms with Crippen LogP contribution in [0.1, 0.15) is 52.0 Å². The minimum Gasteiger partial charge on any atom is -0.490 e. The zero-order valence-corrected chi connectivity index (χ0v) is 13.4. The van der Waals surface area contributed by atoms with E-state index in [1.165, 1.54) is 6.07 Å². The van der Waals surface area contributed by atoms with Crippen LogP contribution in [0.2, 0.25) is 0 Å². The van der Waals surface area contributed by atoms with Crippen LogP contribution in [0.3, 0.4) is 0 Å². The lowest BCUT2D eigenvalue weighted by Gasteiger charge is -2.19. The summed E-state index contributed by atoms with van der Waals surface area (Å²) in [7, 11) is 1.68. The molecule has 0 heterocycles. The van der Waals surface area contributed by atoms with E-state index in [2.05, 4.69) is 6.92 Å². The normalized spacial score (nSPS) is 13.6. The third-order valence-corrected chi connectivity index (χ3v) is 4.26. The van der Waals surface area contributed by atoms with E-state index in [1.807, 2.05) is 20.8 Å². The Hall–Kier alpha value is -0.740. The SMILES string of the molecule is CCCC(C)Oc1ccc(S(=O)(=O)Cl)cc1C(C)C. The summed E-state index contributed by atoms with van der Waals surface area (Å²) in [4.78, 5) is 0.119. The van der Waals surface area contributed by atoms with Crippen molar-refractivity contribution in [3.8, 4) is 5.75 Å². The van der Waals surface area contributed by atoms with Gasteiger partial charge in [0.25, 0.3) is 9.05 Å². The Kier molecular flexibility index (Phi) is 5.68. The van der Waals surface area contributed by atoms with Crippen molar-refractivity contribution in [1.29, 1.82) is 0 Å². The first-order valence-electron chi connectivity index (χ1n) is 6.51. The van der Waals surface area contributed by atoms with Crippen molar-refractivity contribution < 1.29 is 13.2 Å². The average molecular weight is 305 g/mol. The van der Waals surface area contributed by atoms with E-state index >= 15 is 0 Å². The number of hydrogen-bond acceptors (Lipinski definition) is 3. The molecule has 1 atom stereocenters. The summed E-state index contributed by atoms with van der Waals surface area (Å²) in [5, 5.41) is 0. The number of hydrogen-bond donors (Lipinski definition) is 0. The van der Waals surface area contributed by atoms with Crippen molar-refractivity contribution in [1.82, 2.24) is 0 Å². The lowest BCUT2D eigenvalue weighted by Crippen LogP contribution is -2.13. The summed E-state index contributed by atoms with van der Waals surface area (Å²) in [5.41, 5.74) is 0.865. The Morgan fingerprint density at radius 3 is 2.37 bits per heavy atom. The molecule has 0 spiro atoms. The van der Waals surface area contributed by atoms with Gasteiger partial charge in [-0.05, 0) is 43.0 Å². The quantitative estimate of drug-likeness (QED) is 0.736. The van der Waals surface area contributed by atoms with E-state index in [0.717, 1.165) is 24.2 Å². The zero-order valence-electron chi connectivity index (χ0n) is 11.8. The molecule has 0 aliphatic rings. The van der Waals surface area contributed by atoms with Gasteiger partial charge in [-0.1, -0.05) is 27.2 Å². The molecular weight excluding hydrogens is 284 g/mol. The highest BCUT2D eigenvalue weighted by Crippen LogP contribution is 2.31. The maximum Gasteiger partial charge on any atom is 0.261 e. The Morgan fingerprint density at radius 1 is 1.26 bits per heavy atom. The molecule has 3 nitrogen and oxygen atoms in total. The zero-order chi connectivity index (χ0) is 14.6. The van der Waals surface area contributed by atoms with Crippen LogP contribution in [0, 0.1) is 0 Å². The summed E-state index contributed by atoms with van der Waals surface area (Å²) < 4.78 is 28.6. The first-order valence-corrected chi connectivity index (χ1v) is 8.82. The fourth-order valence-electron chi connectivity index (χ4n) is 1.92. The summed E-state index contributed by atoms with van der Waals surface area (Å²) in [6.45, 7) is 8.11. The van der Waals surface area contributed by atoms with Crippen LogP contribution >= 0.6 is 10.7 Å². The summed E-state index contributed by atoms with van der Waals surface area (Å²) in [6, 6.07) is 4.78. The first-order chi connectivity index (χ1) is 8.75. The Morgan fingerprint density at radius 2 is 1.89 bits per heavy atom. The van der Waals surface area contributed by atoms with E-state index in [0.29, 0.717) is 0 Å². The molecule has 0 aliphatic heterocycles. The number of benzene rings is 1. The van der Waals surface area contributed by atoms with Gasteiger partial charge < -0.3 is 4.74 Å². The molecule has 0 aliphatic carbocycles. The lowest BCUT2D eigenvalue weighted by molar-refractivity contribution is 0.207. The molecule has 1 rings (SSSR count). The Labute approximate surface area is 120 Å². The number of ether oxygens (including phenoxy) is 1. The molecule has 0 radical (unpaired) electrons. The van der Waals surface area contributed by atoms with Crippen LogP contribution in [0.5, 0.6) is 5.75 Å². The van der Waals surface area contributed by atoms with Crippen molar-refractivity contribution in [3.63, 3.8) is 0 Å². The highest BCUT2D eigenvalue weighted by atomic mass is 35.7. The predicted octanol–water partition coefficient (Wildman–Crippen LogP) is 4.30. The maximum absolute atomic E-state index is 11.4. The van der Waals surface area contributed by atoms with Crippen molar-refractivity contribution >= 4 is 19.7 Å². The molecule has 0 N–H and O–H groups in total. The van der Waals surface area contributed by atoms with E-state index < -0.39 is 9.05 Å². The standard InChI is InChI=1S/C14H21ClO3S/c1-5-6-11(4)18-14-8-7-12(19(15,16)17)9-13(14)10(2)3/h7-11H,5-6H2,1-4H3. The minimum atomic E-state index is -3.70. The van der Waals surface area contributed by atoms with E-state index in [9.17, 15) is 8.42 Å². The number of halogens is 1.